The van der Waals surface area contributed by atoms with Gasteiger partial charge in [0.2, 0.25) is 5.95 Å². The van der Waals surface area contributed by atoms with Crippen LogP contribution in [0.1, 0.15) is 18.4 Å². The lowest BCUT2D eigenvalue weighted by Crippen LogP contribution is -2.21. The molecule has 0 unspecified atom stereocenters. The molecule has 1 aromatic heterocycles. The Balaban J connectivity index is 2.13. The van der Waals surface area contributed by atoms with Crippen LogP contribution in [0.15, 0.2) is 30.3 Å². The van der Waals surface area contributed by atoms with Gasteiger partial charge in [0.15, 0.2) is 0 Å². The van der Waals surface area contributed by atoms with Crippen LogP contribution >= 0.6 is 0 Å². The minimum absolute atomic E-state index is 0.253. The maximum atomic E-state index is 9.29. The molecule has 0 bridgehead atoms. The largest absolute Gasteiger partial charge is 0.382 e. The molecule has 1 aliphatic heterocycles. The topological polar surface area (TPSA) is 78.8 Å². The number of nitrogens with zero attached hydrogens (tertiary/aromatic N) is 4. The third-order valence-corrected chi connectivity index (χ3v) is 3.47. The van der Waals surface area contributed by atoms with Crippen LogP contribution in [0.5, 0.6) is 0 Å². The lowest BCUT2D eigenvalue weighted by molar-refractivity contribution is 0.901. The summed E-state index contributed by atoms with van der Waals surface area (Å²) in [4.78, 5) is 11.0. The third kappa shape index (κ3) is 2.16. The Labute approximate surface area is 117 Å². The molecule has 2 heterocycles. The number of nitrogen functional groups attached to an aromatic ring is 1. The molecule has 2 N–H and O–H groups in total. The van der Waals surface area contributed by atoms with Crippen molar-refractivity contribution in [2.45, 2.75) is 12.8 Å². The highest BCUT2D eigenvalue weighted by atomic mass is 15.3. The molecule has 1 saturated heterocycles. The van der Waals surface area contributed by atoms with Gasteiger partial charge in [-0.3, -0.25) is 0 Å². The van der Waals surface area contributed by atoms with Crippen molar-refractivity contribution in [3.63, 3.8) is 0 Å². The van der Waals surface area contributed by atoms with Crippen molar-refractivity contribution < 1.29 is 0 Å². The van der Waals surface area contributed by atoms with Gasteiger partial charge in [-0.05, 0) is 12.8 Å². The molecule has 0 amide bonds. The van der Waals surface area contributed by atoms with E-state index < -0.39 is 0 Å². The first-order valence-electron chi connectivity index (χ1n) is 6.67. The van der Waals surface area contributed by atoms with E-state index in [2.05, 4.69) is 20.9 Å². The van der Waals surface area contributed by atoms with E-state index >= 15 is 0 Å². The highest BCUT2D eigenvalue weighted by Gasteiger charge is 2.19. The quantitative estimate of drug-likeness (QED) is 0.900. The molecule has 1 aliphatic rings. The number of aromatic nitrogens is 2. The second-order valence-electron chi connectivity index (χ2n) is 4.80. The predicted octanol–water partition coefficient (Wildman–Crippen LogP) is 2.20. The zero-order valence-electron chi connectivity index (χ0n) is 11.1. The molecule has 5 nitrogen and oxygen atoms in total. The summed E-state index contributed by atoms with van der Waals surface area (Å²) in [6, 6.07) is 11.7. The zero-order valence-corrected chi connectivity index (χ0v) is 11.1. The van der Waals surface area contributed by atoms with Crippen molar-refractivity contribution in [3.8, 4) is 17.3 Å². The van der Waals surface area contributed by atoms with E-state index in [4.69, 9.17) is 5.73 Å². The first kappa shape index (κ1) is 12.4. The maximum absolute atomic E-state index is 9.29. The summed E-state index contributed by atoms with van der Waals surface area (Å²) in [5.74, 6) is 0.876. The van der Waals surface area contributed by atoms with Gasteiger partial charge in [0.1, 0.15) is 17.5 Å². The van der Waals surface area contributed by atoms with Crippen LogP contribution in [0.25, 0.3) is 11.3 Å². The Morgan fingerprint density at radius 2 is 1.80 bits per heavy atom. The fourth-order valence-corrected chi connectivity index (χ4v) is 2.44. The van der Waals surface area contributed by atoms with E-state index in [-0.39, 0.29) is 5.82 Å². The Bertz CT molecular complexity index is 654. The van der Waals surface area contributed by atoms with Crippen molar-refractivity contribution in [3.05, 3.63) is 35.9 Å². The van der Waals surface area contributed by atoms with E-state index in [1.807, 2.05) is 30.3 Å². The van der Waals surface area contributed by atoms with Crippen molar-refractivity contribution in [1.29, 1.82) is 5.26 Å². The summed E-state index contributed by atoms with van der Waals surface area (Å²) in [7, 11) is 0. The minimum Gasteiger partial charge on any atom is -0.382 e. The fourth-order valence-electron chi connectivity index (χ4n) is 2.44. The van der Waals surface area contributed by atoms with E-state index in [1.54, 1.807) is 0 Å². The average Bonchev–Trinajstić information content (AvgIpc) is 3.01. The van der Waals surface area contributed by atoms with Gasteiger partial charge in [-0.1, -0.05) is 30.3 Å². The Morgan fingerprint density at radius 3 is 2.45 bits per heavy atom. The number of rotatable bonds is 2. The van der Waals surface area contributed by atoms with Gasteiger partial charge in [-0.2, -0.15) is 10.2 Å². The molecule has 0 saturated carbocycles. The van der Waals surface area contributed by atoms with Crippen LogP contribution in [0, 0.1) is 11.3 Å². The van der Waals surface area contributed by atoms with E-state index in [0.29, 0.717) is 17.2 Å². The highest BCUT2D eigenvalue weighted by molar-refractivity contribution is 5.73. The normalized spacial score (nSPS) is 14.2. The average molecular weight is 265 g/mol. The number of benzene rings is 1. The van der Waals surface area contributed by atoms with Gasteiger partial charge in [0.05, 0.1) is 5.69 Å². The zero-order chi connectivity index (χ0) is 13.9. The van der Waals surface area contributed by atoms with Crippen molar-refractivity contribution in [1.82, 2.24) is 9.97 Å². The lowest BCUT2D eigenvalue weighted by Gasteiger charge is -2.17. The van der Waals surface area contributed by atoms with E-state index in [0.717, 1.165) is 31.5 Å². The number of nitrogens with two attached hydrogens (primary N) is 1. The molecular formula is C15H15N5. The molecular weight excluding hydrogens is 250 g/mol. The Kier molecular flexibility index (Phi) is 3.21. The number of hydrogen-bond donors (Lipinski definition) is 1. The first-order chi connectivity index (χ1) is 9.79. The van der Waals surface area contributed by atoms with Gasteiger partial charge in [0, 0.05) is 18.7 Å². The van der Waals surface area contributed by atoms with Gasteiger partial charge >= 0.3 is 0 Å². The molecule has 2 aromatic rings. The second kappa shape index (κ2) is 5.17. The first-order valence-corrected chi connectivity index (χ1v) is 6.67. The summed E-state index contributed by atoms with van der Waals surface area (Å²) < 4.78 is 0. The van der Waals surface area contributed by atoms with Crippen molar-refractivity contribution in [2.24, 2.45) is 0 Å². The van der Waals surface area contributed by atoms with Crippen molar-refractivity contribution in [2.75, 3.05) is 23.7 Å². The smallest absolute Gasteiger partial charge is 0.227 e. The summed E-state index contributed by atoms with van der Waals surface area (Å²) in [6.07, 6.45) is 2.29. The molecule has 1 fully saturated rings. The molecule has 0 aliphatic carbocycles. The van der Waals surface area contributed by atoms with Crippen LogP contribution in [0.3, 0.4) is 0 Å². The van der Waals surface area contributed by atoms with Crippen LogP contribution in [-0.4, -0.2) is 23.1 Å². The molecule has 0 spiro atoms. The molecule has 5 heteroatoms. The van der Waals surface area contributed by atoms with Crippen LogP contribution in [0.4, 0.5) is 11.8 Å². The van der Waals surface area contributed by atoms with Crippen LogP contribution in [-0.2, 0) is 0 Å². The molecule has 20 heavy (non-hydrogen) atoms. The van der Waals surface area contributed by atoms with Crippen LogP contribution < -0.4 is 10.6 Å². The van der Waals surface area contributed by atoms with Gasteiger partial charge in [0.25, 0.3) is 0 Å². The molecule has 1 aromatic carbocycles. The number of hydrogen-bond acceptors (Lipinski definition) is 5. The fraction of sp³-hybridized carbons (Fsp3) is 0.267. The van der Waals surface area contributed by atoms with Crippen LogP contribution in [0.2, 0.25) is 0 Å². The third-order valence-electron chi connectivity index (χ3n) is 3.47. The van der Waals surface area contributed by atoms with E-state index in [9.17, 15) is 5.26 Å². The SMILES string of the molecule is N#Cc1c(N)nc(N2CCCC2)nc1-c1ccccc1. The molecule has 3 rings (SSSR count). The second-order valence-corrected chi connectivity index (χ2v) is 4.80. The van der Waals surface area contributed by atoms with Gasteiger partial charge in [-0.25, -0.2) is 4.98 Å². The number of anilines is 2. The van der Waals surface area contributed by atoms with Gasteiger partial charge < -0.3 is 10.6 Å². The lowest BCUT2D eigenvalue weighted by atomic mass is 10.1. The molecule has 0 radical (unpaired) electrons. The minimum atomic E-state index is 0.253. The van der Waals surface area contributed by atoms with Gasteiger partial charge in [-0.15, -0.1) is 0 Å². The predicted molar refractivity (Wildman–Crippen MR) is 78.0 cm³/mol. The number of nitriles is 1. The molecule has 100 valence electrons. The maximum Gasteiger partial charge on any atom is 0.227 e. The highest BCUT2D eigenvalue weighted by Crippen LogP contribution is 2.27. The van der Waals surface area contributed by atoms with Crippen molar-refractivity contribution >= 4 is 11.8 Å². The monoisotopic (exact) mass is 265 g/mol. The summed E-state index contributed by atoms with van der Waals surface area (Å²) in [6.45, 7) is 1.89. The Hall–Kier alpha value is -2.61. The summed E-state index contributed by atoms with van der Waals surface area (Å²) in [5.41, 5.74) is 7.78. The van der Waals surface area contributed by atoms with E-state index in [1.165, 1.54) is 0 Å². The summed E-state index contributed by atoms with van der Waals surface area (Å²) in [5, 5.41) is 9.29. The Morgan fingerprint density at radius 1 is 1.10 bits per heavy atom. The standard InChI is InChI=1S/C15H15N5/c16-10-12-13(11-6-2-1-3-7-11)18-15(19-14(12)17)20-8-4-5-9-20/h1-3,6-7H,4-5,8-9H2,(H2,17,18,19). The molecule has 0 atom stereocenters. The summed E-state index contributed by atoms with van der Waals surface area (Å²) >= 11 is 0.